The van der Waals surface area contributed by atoms with E-state index in [9.17, 15) is 4.39 Å². The number of methoxy groups -OCH3 is 1. The first-order valence-corrected chi connectivity index (χ1v) is 4.15. The SMILES string of the molecule is C=CC(C)c1cccc(F)c1OC. The molecule has 70 valence electrons. The van der Waals surface area contributed by atoms with Crippen molar-refractivity contribution in [2.45, 2.75) is 12.8 Å². The van der Waals surface area contributed by atoms with Gasteiger partial charge in [0.15, 0.2) is 11.6 Å². The molecule has 1 nitrogen and oxygen atoms in total. The summed E-state index contributed by atoms with van der Waals surface area (Å²) in [5, 5.41) is 0. The van der Waals surface area contributed by atoms with Crippen LogP contribution in [0, 0.1) is 5.82 Å². The van der Waals surface area contributed by atoms with Gasteiger partial charge in [-0.05, 0) is 6.07 Å². The maximum atomic E-state index is 13.2. The van der Waals surface area contributed by atoms with Crippen LogP contribution in [0.2, 0.25) is 0 Å². The summed E-state index contributed by atoms with van der Waals surface area (Å²) >= 11 is 0. The van der Waals surface area contributed by atoms with Gasteiger partial charge in [-0.2, -0.15) is 0 Å². The van der Waals surface area contributed by atoms with Crippen molar-refractivity contribution in [3.8, 4) is 5.75 Å². The zero-order valence-electron chi connectivity index (χ0n) is 7.88. The fourth-order valence-corrected chi connectivity index (χ4v) is 1.23. The molecule has 1 aromatic carbocycles. The van der Waals surface area contributed by atoms with Crippen LogP contribution in [0.5, 0.6) is 5.75 Å². The van der Waals surface area contributed by atoms with Crippen LogP contribution in [-0.2, 0) is 0 Å². The van der Waals surface area contributed by atoms with Gasteiger partial charge in [0.05, 0.1) is 7.11 Å². The number of allylic oxidation sites excluding steroid dienone is 1. The molecule has 0 radical (unpaired) electrons. The highest BCUT2D eigenvalue weighted by atomic mass is 19.1. The summed E-state index contributed by atoms with van der Waals surface area (Å²) in [6.45, 7) is 5.61. The van der Waals surface area contributed by atoms with E-state index in [1.54, 1.807) is 12.1 Å². The first-order valence-electron chi connectivity index (χ1n) is 4.15. The van der Waals surface area contributed by atoms with Crippen molar-refractivity contribution >= 4 is 0 Å². The summed E-state index contributed by atoms with van der Waals surface area (Å²) < 4.78 is 18.2. The standard InChI is InChI=1S/C11H13FO/c1-4-8(2)9-6-5-7-10(12)11(9)13-3/h4-8H,1H2,2-3H3. The Labute approximate surface area is 77.8 Å². The zero-order valence-corrected chi connectivity index (χ0v) is 7.88. The summed E-state index contributed by atoms with van der Waals surface area (Å²) in [4.78, 5) is 0. The maximum absolute atomic E-state index is 13.2. The van der Waals surface area contributed by atoms with Crippen molar-refractivity contribution in [1.29, 1.82) is 0 Å². The van der Waals surface area contributed by atoms with Gasteiger partial charge < -0.3 is 4.74 Å². The van der Waals surface area contributed by atoms with E-state index in [1.807, 2.05) is 13.0 Å². The van der Waals surface area contributed by atoms with Crippen LogP contribution < -0.4 is 4.74 Å². The molecule has 0 fully saturated rings. The van der Waals surface area contributed by atoms with Crippen molar-refractivity contribution in [1.82, 2.24) is 0 Å². The average molecular weight is 180 g/mol. The number of benzene rings is 1. The molecule has 0 amide bonds. The lowest BCUT2D eigenvalue weighted by atomic mass is 10.0. The largest absolute Gasteiger partial charge is 0.493 e. The van der Waals surface area contributed by atoms with Crippen LogP contribution >= 0.6 is 0 Å². The van der Waals surface area contributed by atoms with Crippen molar-refractivity contribution < 1.29 is 9.13 Å². The highest BCUT2D eigenvalue weighted by Crippen LogP contribution is 2.29. The molecular weight excluding hydrogens is 167 g/mol. The van der Waals surface area contributed by atoms with E-state index in [0.29, 0.717) is 5.75 Å². The van der Waals surface area contributed by atoms with Crippen molar-refractivity contribution in [2.24, 2.45) is 0 Å². The third-order valence-corrected chi connectivity index (χ3v) is 2.05. The number of hydrogen-bond acceptors (Lipinski definition) is 1. The highest BCUT2D eigenvalue weighted by Gasteiger charge is 2.11. The molecule has 0 aliphatic carbocycles. The molecule has 0 aliphatic heterocycles. The molecule has 1 aromatic rings. The lowest BCUT2D eigenvalue weighted by Gasteiger charge is -2.12. The molecule has 0 bridgehead atoms. The molecule has 1 unspecified atom stereocenters. The molecule has 0 aliphatic rings. The molecule has 0 heterocycles. The Bertz CT molecular complexity index is 307. The first kappa shape index (κ1) is 9.78. The van der Waals surface area contributed by atoms with Crippen LogP contribution in [0.25, 0.3) is 0 Å². The lowest BCUT2D eigenvalue weighted by Crippen LogP contribution is -1.97. The van der Waals surface area contributed by atoms with E-state index in [0.717, 1.165) is 5.56 Å². The third-order valence-electron chi connectivity index (χ3n) is 2.05. The molecule has 0 spiro atoms. The summed E-state index contributed by atoms with van der Waals surface area (Å²) in [6, 6.07) is 4.90. The number of para-hydroxylation sites is 1. The summed E-state index contributed by atoms with van der Waals surface area (Å²) in [5.41, 5.74) is 0.831. The Morgan fingerprint density at radius 2 is 2.23 bits per heavy atom. The Morgan fingerprint density at radius 1 is 1.54 bits per heavy atom. The normalized spacial score (nSPS) is 12.2. The van der Waals surface area contributed by atoms with Gasteiger partial charge in [0.25, 0.3) is 0 Å². The van der Waals surface area contributed by atoms with Crippen molar-refractivity contribution in [2.75, 3.05) is 7.11 Å². The monoisotopic (exact) mass is 180 g/mol. The second kappa shape index (κ2) is 4.08. The van der Waals surface area contributed by atoms with Gasteiger partial charge in [0.1, 0.15) is 0 Å². The van der Waals surface area contributed by atoms with E-state index in [-0.39, 0.29) is 11.7 Å². The Morgan fingerprint density at radius 3 is 2.77 bits per heavy atom. The minimum absolute atomic E-state index is 0.102. The van der Waals surface area contributed by atoms with E-state index >= 15 is 0 Å². The maximum Gasteiger partial charge on any atom is 0.165 e. The van der Waals surface area contributed by atoms with Gasteiger partial charge in [-0.15, -0.1) is 6.58 Å². The second-order valence-corrected chi connectivity index (χ2v) is 2.89. The lowest BCUT2D eigenvalue weighted by molar-refractivity contribution is 0.380. The Balaban J connectivity index is 3.19. The van der Waals surface area contributed by atoms with Gasteiger partial charge in [-0.3, -0.25) is 0 Å². The Kier molecular flexibility index (Phi) is 3.07. The zero-order chi connectivity index (χ0) is 9.84. The topological polar surface area (TPSA) is 9.23 Å². The molecule has 0 aromatic heterocycles. The molecule has 1 atom stereocenters. The third kappa shape index (κ3) is 1.89. The molecule has 0 saturated carbocycles. The number of rotatable bonds is 3. The van der Waals surface area contributed by atoms with E-state index in [2.05, 4.69) is 6.58 Å². The Hall–Kier alpha value is -1.31. The molecule has 2 heteroatoms. The van der Waals surface area contributed by atoms with Crippen LogP contribution in [0.15, 0.2) is 30.9 Å². The average Bonchev–Trinajstić information content (AvgIpc) is 2.16. The molecule has 0 N–H and O–H groups in total. The van der Waals surface area contributed by atoms with E-state index in [1.165, 1.54) is 13.2 Å². The van der Waals surface area contributed by atoms with Crippen LogP contribution in [-0.4, -0.2) is 7.11 Å². The van der Waals surface area contributed by atoms with E-state index < -0.39 is 0 Å². The second-order valence-electron chi connectivity index (χ2n) is 2.89. The van der Waals surface area contributed by atoms with Crippen LogP contribution in [0.3, 0.4) is 0 Å². The molecule has 1 rings (SSSR count). The molecule has 13 heavy (non-hydrogen) atoms. The fourth-order valence-electron chi connectivity index (χ4n) is 1.23. The molecule has 0 saturated heterocycles. The number of ether oxygens (including phenoxy) is 1. The predicted molar refractivity (Wildman–Crippen MR) is 51.6 cm³/mol. The van der Waals surface area contributed by atoms with Crippen LogP contribution in [0.4, 0.5) is 4.39 Å². The van der Waals surface area contributed by atoms with Gasteiger partial charge >= 0.3 is 0 Å². The summed E-state index contributed by atoms with van der Waals surface area (Å²) in [5.74, 6) is 0.0919. The first-order chi connectivity index (χ1) is 6.20. The quantitative estimate of drug-likeness (QED) is 0.649. The van der Waals surface area contributed by atoms with Gasteiger partial charge in [-0.25, -0.2) is 4.39 Å². The summed E-state index contributed by atoms with van der Waals surface area (Å²) in [7, 11) is 1.47. The van der Waals surface area contributed by atoms with Crippen molar-refractivity contribution in [3.05, 3.63) is 42.2 Å². The minimum atomic E-state index is -0.325. The fraction of sp³-hybridized carbons (Fsp3) is 0.273. The number of halogens is 1. The van der Waals surface area contributed by atoms with Gasteiger partial charge in [0, 0.05) is 11.5 Å². The van der Waals surface area contributed by atoms with Gasteiger partial charge in [0.2, 0.25) is 0 Å². The van der Waals surface area contributed by atoms with Crippen molar-refractivity contribution in [3.63, 3.8) is 0 Å². The van der Waals surface area contributed by atoms with Gasteiger partial charge in [-0.1, -0.05) is 25.1 Å². The molecular formula is C11H13FO. The minimum Gasteiger partial charge on any atom is -0.493 e. The highest BCUT2D eigenvalue weighted by molar-refractivity contribution is 5.38. The summed E-state index contributed by atoms with van der Waals surface area (Å²) in [6.07, 6.45) is 1.76. The smallest absolute Gasteiger partial charge is 0.165 e. The van der Waals surface area contributed by atoms with Crippen LogP contribution in [0.1, 0.15) is 18.4 Å². The predicted octanol–water partition coefficient (Wildman–Crippen LogP) is 3.12. The number of hydrogen-bond donors (Lipinski definition) is 0. The van der Waals surface area contributed by atoms with E-state index in [4.69, 9.17) is 4.74 Å².